The third-order valence-corrected chi connectivity index (χ3v) is 3.67. The third-order valence-electron chi connectivity index (χ3n) is 3.67. The lowest BCUT2D eigenvalue weighted by atomic mass is 10.1. The van der Waals surface area contributed by atoms with Gasteiger partial charge in [0.15, 0.2) is 0 Å². The Morgan fingerprint density at radius 1 is 0.947 bits per heavy atom. The molecule has 0 spiro atoms. The van der Waals surface area contributed by atoms with E-state index >= 15 is 0 Å². The average molecular weight is 263 g/mol. The molecule has 0 aliphatic heterocycles. The first kappa shape index (κ1) is 16.0. The molecule has 0 aromatic heterocycles. The van der Waals surface area contributed by atoms with Gasteiger partial charge < -0.3 is 9.64 Å². The number of hydrogen-bond donors (Lipinski definition) is 0. The fourth-order valence-electron chi connectivity index (χ4n) is 2.36. The van der Waals surface area contributed by atoms with Crippen LogP contribution < -0.4 is 4.74 Å². The normalized spacial score (nSPS) is 11.0. The maximum Gasteiger partial charge on any atom is 0.125 e. The largest absolute Gasteiger partial charge is 0.493 e. The summed E-state index contributed by atoms with van der Waals surface area (Å²) in [5.74, 6) is 1.08. The van der Waals surface area contributed by atoms with E-state index in [0.717, 1.165) is 31.9 Å². The molecule has 2 nitrogen and oxygen atoms in total. The maximum absolute atomic E-state index is 5.91. The van der Waals surface area contributed by atoms with Crippen LogP contribution >= 0.6 is 0 Å². The summed E-state index contributed by atoms with van der Waals surface area (Å²) in [5, 5.41) is 0. The van der Waals surface area contributed by atoms with Crippen molar-refractivity contribution < 1.29 is 4.74 Å². The smallest absolute Gasteiger partial charge is 0.125 e. The van der Waals surface area contributed by atoms with Crippen molar-refractivity contribution in [3.63, 3.8) is 0 Å². The fourth-order valence-corrected chi connectivity index (χ4v) is 2.36. The maximum atomic E-state index is 5.91. The molecule has 0 saturated carbocycles. The summed E-state index contributed by atoms with van der Waals surface area (Å²) in [7, 11) is 0. The van der Waals surface area contributed by atoms with Crippen LogP contribution in [0.2, 0.25) is 0 Å². The van der Waals surface area contributed by atoms with Crippen LogP contribution in [0.4, 0.5) is 0 Å². The van der Waals surface area contributed by atoms with Gasteiger partial charge in [-0.15, -0.1) is 0 Å². The molecule has 0 fully saturated rings. The predicted molar refractivity (Wildman–Crippen MR) is 83.1 cm³/mol. The van der Waals surface area contributed by atoms with Gasteiger partial charge in [0.1, 0.15) is 5.75 Å². The predicted octanol–water partition coefficient (Wildman–Crippen LogP) is 4.19. The highest BCUT2D eigenvalue weighted by Crippen LogP contribution is 2.22. The molecular weight excluding hydrogens is 234 g/mol. The lowest BCUT2D eigenvalue weighted by Crippen LogP contribution is -2.23. The molecule has 0 amide bonds. The summed E-state index contributed by atoms with van der Waals surface area (Å²) in [6.07, 6.45) is 3.67. The van der Waals surface area contributed by atoms with E-state index in [1.54, 1.807) is 0 Å². The Hall–Kier alpha value is -1.02. The Labute approximate surface area is 118 Å². The zero-order chi connectivity index (χ0) is 14.1. The highest BCUT2D eigenvalue weighted by atomic mass is 16.5. The van der Waals surface area contributed by atoms with Crippen molar-refractivity contribution in [2.75, 3.05) is 26.2 Å². The van der Waals surface area contributed by atoms with Gasteiger partial charge in [-0.05, 0) is 63.9 Å². The Morgan fingerprint density at radius 2 is 1.58 bits per heavy atom. The monoisotopic (exact) mass is 263 g/mol. The van der Waals surface area contributed by atoms with Gasteiger partial charge in [-0.3, -0.25) is 0 Å². The lowest BCUT2D eigenvalue weighted by Gasteiger charge is -2.17. The molecule has 0 aliphatic carbocycles. The standard InChI is InChI=1S/C17H29NO/c1-5-18(6-2)13-8-7-9-14-19-17-15(3)11-10-12-16(17)4/h10-12H,5-9,13-14H2,1-4H3. The minimum atomic E-state index is 0.837. The number of aryl methyl sites for hydroxylation is 2. The van der Waals surface area contributed by atoms with E-state index in [1.165, 1.54) is 30.5 Å². The van der Waals surface area contributed by atoms with Crippen LogP contribution in [0.1, 0.15) is 44.2 Å². The topological polar surface area (TPSA) is 12.5 Å². The van der Waals surface area contributed by atoms with Gasteiger partial charge in [0.25, 0.3) is 0 Å². The summed E-state index contributed by atoms with van der Waals surface area (Å²) in [4.78, 5) is 2.48. The van der Waals surface area contributed by atoms with E-state index in [4.69, 9.17) is 4.74 Å². The van der Waals surface area contributed by atoms with Crippen molar-refractivity contribution in [1.29, 1.82) is 0 Å². The molecule has 2 heteroatoms. The Morgan fingerprint density at radius 3 is 2.16 bits per heavy atom. The minimum Gasteiger partial charge on any atom is -0.493 e. The van der Waals surface area contributed by atoms with Crippen LogP contribution in [0, 0.1) is 13.8 Å². The number of ether oxygens (including phenoxy) is 1. The molecule has 0 radical (unpaired) electrons. The lowest BCUT2D eigenvalue weighted by molar-refractivity contribution is 0.276. The van der Waals surface area contributed by atoms with Crippen LogP contribution in [0.15, 0.2) is 18.2 Å². The van der Waals surface area contributed by atoms with E-state index in [2.05, 4.69) is 50.8 Å². The van der Waals surface area contributed by atoms with Gasteiger partial charge >= 0.3 is 0 Å². The Bertz CT molecular complexity index is 338. The summed E-state index contributed by atoms with van der Waals surface area (Å²) in [5.41, 5.74) is 2.48. The molecule has 0 heterocycles. The van der Waals surface area contributed by atoms with E-state index in [9.17, 15) is 0 Å². The van der Waals surface area contributed by atoms with E-state index in [0.29, 0.717) is 0 Å². The van der Waals surface area contributed by atoms with E-state index in [1.807, 2.05) is 0 Å². The summed E-state index contributed by atoms with van der Waals surface area (Å²) >= 11 is 0. The van der Waals surface area contributed by atoms with Gasteiger partial charge in [-0.2, -0.15) is 0 Å². The van der Waals surface area contributed by atoms with Crippen LogP contribution in [0.5, 0.6) is 5.75 Å². The highest BCUT2D eigenvalue weighted by molar-refractivity contribution is 5.39. The molecular formula is C17H29NO. The first-order chi connectivity index (χ1) is 9.19. The van der Waals surface area contributed by atoms with Gasteiger partial charge in [0.05, 0.1) is 6.61 Å². The number of rotatable bonds is 9. The zero-order valence-electron chi connectivity index (χ0n) is 13.0. The zero-order valence-corrected chi connectivity index (χ0v) is 13.0. The number of nitrogens with zero attached hydrogens (tertiary/aromatic N) is 1. The number of benzene rings is 1. The molecule has 108 valence electrons. The summed E-state index contributed by atoms with van der Waals surface area (Å²) < 4.78 is 5.91. The van der Waals surface area contributed by atoms with Crippen molar-refractivity contribution in [2.45, 2.75) is 47.0 Å². The molecule has 0 atom stereocenters. The second kappa shape index (κ2) is 8.98. The molecule has 0 N–H and O–H groups in total. The quantitative estimate of drug-likeness (QED) is 0.619. The first-order valence-corrected chi connectivity index (χ1v) is 7.60. The minimum absolute atomic E-state index is 0.837. The molecule has 0 saturated heterocycles. The Balaban J connectivity index is 2.17. The molecule has 0 bridgehead atoms. The number of unbranched alkanes of at least 4 members (excludes halogenated alkanes) is 2. The second-order valence-electron chi connectivity index (χ2n) is 5.16. The molecule has 0 aliphatic rings. The average Bonchev–Trinajstić information content (AvgIpc) is 2.41. The van der Waals surface area contributed by atoms with Gasteiger partial charge in [0, 0.05) is 0 Å². The van der Waals surface area contributed by atoms with Crippen LogP contribution in [-0.2, 0) is 0 Å². The molecule has 1 rings (SSSR count). The summed E-state index contributed by atoms with van der Waals surface area (Å²) in [6, 6.07) is 6.31. The fraction of sp³-hybridized carbons (Fsp3) is 0.647. The van der Waals surface area contributed by atoms with Gasteiger partial charge in [0.2, 0.25) is 0 Å². The first-order valence-electron chi connectivity index (χ1n) is 7.60. The van der Waals surface area contributed by atoms with Crippen LogP contribution in [-0.4, -0.2) is 31.1 Å². The number of para-hydroxylation sites is 1. The van der Waals surface area contributed by atoms with Crippen molar-refractivity contribution >= 4 is 0 Å². The Kier molecular flexibility index (Phi) is 7.57. The van der Waals surface area contributed by atoms with Crippen molar-refractivity contribution in [1.82, 2.24) is 4.90 Å². The molecule has 1 aromatic rings. The molecule has 1 aromatic carbocycles. The third kappa shape index (κ3) is 5.65. The number of hydrogen-bond acceptors (Lipinski definition) is 2. The van der Waals surface area contributed by atoms with Crippen LogP contribution in [0.3, 0.4) is 0 Å². The van der Waals surface area contributed by atoms with Crippen molar-refractivity contribution in [2.24, 2.45) is 0 Å². The van der Waals surface area contributed by atoms with E-state index < -0.39 is 0 Å². The molecule has 19 heavy (non-hydrogen) atoms. The van der Waals surface area contributed by atoms with Gasteiger partial charge in [-0.25, -0.2) is 0 Å². The van der Waals surface area contributed by atoms with Gasteiger partial charge in [-0.1, -0.05) is 32.0 Å². The highest BCUT2D eigenvalue weighted by Gasteiger charge is 2.03. The molecule has 0 unspecified atom stereocenters. The second-order valence-corrected chi connectivity index (χ2v) is 5.16. The van der Waals surface area contributed by atoms with Crippen molar-refractivity contribution in [3.8, 4) is 5.75 Å². The SMILES string of the molecule is CCN(CC)CCCCCOc1c(C)cccc1C. The summed E-state index contributed by atoms with van der Waals surface area (Å²) in [6.45, 7) is 13.1. The van der Waals surface area contributed by atoms with E-state index in [-0.39, 0.29) is 0 Å². The van der Waals surface area contributed by atoms with Crippen LogP contribution in [0.25, 0.3) is 0 Å². The van der Waals surface area contributed by atoms with Crippen molar-refractivity contribution in [3.05, 3.63) is 29.3 Å².